The molecule has 6 heteroatoms. The lowest BCUT2D eigenvalue weighted by Gasteiger charge is -2.14. The van der Waals surface area contributed by atoms with Crippen molar-refractivity contribution in [2.45, 2.75) is 26.3 Å². The van der Waals surface area contributed by atoms with Gasteiger partial charge in [-0.2, -0.15) is 0 Å². The first-order valence-electron chi connectivity index (χ1n) is 6.00. The number of nitrogens with one attached hydrogen (secondary N) is 2. The maximum Gasteiger partial charge on any atom is 0.413 e. The molecule has 0 saturated heterocycles. The Kier molecular flexibility index (Phi) is 6.35. The van der Waals surface area contributed by atoms with Crippen molar-refractivity contribution in [1.29, 1.82) is 0 Å². The molecule has 2 amide bonds. The Bertz CT molecular complexity index is 434. The SMILES string of the molecule is CCOC(=O)NC(=O)C[C@H](C)Nc1ccc(Br)cc1. The van der Waals surface area contributed by atoms with E-state index < -0.39 is 6.09 Å². The minimum absolute atomic E-state index is 0.0874. The molecule has 2 N–H and O–H groups in total. The van der Waals surface area contributed by atoms with Crippen LogP contribution in [0.3, 0.4) is 0 Å². The normalized spacial score (nSPS) is 11.5. The molecule has 0 bridgehead atoms. The number of anilines is 1. The van der Waals surface area contributed by atoms with E-state index in [1.54, 1.807) is 6.92 Å². The Morgan fingerprint density at radius 3 is 2.53 bits per heavy atom. The predicted octanol–water partition coefficient (Wildman–Crippen LogP) is 2.91. The molecule has 1 aromatic carbocycles. The van der Waals surface area contributed by atoms with Crippen molar-refractivity contribution in [3.8, 4) is 0 Å². The number of amides is 2. The molecule has 1 atom stereocenters. The number of rotatable bonds is 5. The molecule has 0 saturated carbocycles. The Hall–Kier alpha value is -1.56. The summed E-state index contributed by atoms with van der Waals surface area (Å²) in [5.74, 6) is -0.365. The van der Waals surface area contributed by atoms with E-state index in [9.17, 15) is 9.59 Å². The van der Waals surface area contributed by atoms with E-state index in [2.05, 4.69) is 31.3 Å². The van der Waals surface area contributed by atoms with Gasteiger partial charge in [0.15, 0.2) is 0 Å². The van der Waals surface area contributed by atoms with Crippen LogP contribution in [0.1, 0.15) is 20.3 Å². The summed E-state index contributed by atoms with van der Waals surface area (Å²) in [6.45, 7) is 3.79. The highest BCUT2D eigenvalue weighted by atomic mass is 79.9. The molecular formula is C13H17BrN2O3. The van der Waals surface area contributed by atoms with Crippen molar-refractivity contribution in [3.05, 3.63) is 28.7 Å². The quantitative estimate of drug-likeness (QED) is 0.872. The molecule has 0 radical (unpaired) electrons. The summed E-state index contributed by atoms with van der Waals surface area (Å²) in [6, 6.07) is 7.55. The maximum atomic E-state index is 11.5. The van der Waals surface area contributed by atoms with Crippen LogP contribution in [0.4, 0.5) is 10.5 Å². The van der Waals surface area contributed by atoms with Crippen LogP contribution in [0, 0.1) is 0 Å². The summed E-state index contributed by atoms with van der Waals surface area (Å²) in [6.07, 6.45) is -0.516. The molecule has 1 rings (SSSR count). The third kappa shape index (κ3) is 6.24. The van der Waals surface area contributed by atoms with Gasteiger partial charge in [0.2, 0.25) is 5.91 Å². The Balaban J connectivity index is 2.38. The number of carbonyl (C=O) groups is 2. The molecule has 0 fully saturated rings. The molecule has 0 aliphatic carbocycles. The fraction of sp³-hybridized carbons (Fsp3) is 0.385. The zero-order valence-electron chi connectivity index (χ0n) is 10.9. The zero-order chi connectivity index (χ0) is 14.3. The number of halogens is 1. The number of imide groups is 1. The summed E-state index contributed by atoms with van der Waals surface area (Å²) in [5.41, 5.74) is 0.916. The number of alkyl carbamates (subject to hydrolysis) is 1. The first-order chi connectivity index (χ1) is 9.01. The van der Waals surface area contributed by atoms with Gasteiger partial charge < -0.3 is 10.1 Å². The van der Waals surface area contributed by atoms with Crippen LogP contribution < -0.4 is 10.6 Å². The smallest absolute Gasteiger partial charge is 0.413 e. The summed E-state index contributed by atoms with van der Waals surface area (Å²) in [5, 5.41) is 5.33. The minimum atomic E-state index is -0.705. The fourth-order valence-corrected chi connectivity index (χ4v) is 1.76. The highest BCUT2D eigenvalue weighted by Gasteiger charge is 2.12. The van der Waals surface area contributed by atoms with E-state index in [1.165, 1.54) is 0 Å². The molecule has 0 aromatic heterocycles. The van der Waals surface area contributed by atoms with Gasteiger partial charge in [0.25, 0.3) is 0 Å². The first-order valence-corrected chi connectivity index (χ1v) is 6.79. The van der Waals surface area contributed by atoms with Gasteiger partial charge in [-0.1, -0.05) is 15.9 Å². The average molecular weight is 329 g/mol. The summed E-state index contributed by atoms with van der Waals surface area (Å²) in [4.78, 5) is 22.6. The second-order valence-electron chi connectivity index (χ2n) is 4.03. The van der Waals surface area contributed by atoms with Crippen molar-refractivity contribution < 1.29 is 14.3 Å². The van der Waals surface area contributed by atoms with E-state index in [4.69, 9.17) is 0 Å². The molecule has 1 aromatic rings. The maximum absolute atomic E-state index is 11.5. The van der Waals surface area contributed by atoms with Gasteiger partial charge >= 0.3 is 6.09 Å². The summed E-state index contributed by atoms with van der Waals surface area (Å²) >= 11 is 3.35. The molecule has 0 aliphatic heterocycles. The second-order valence-corrected chi connectivity index (χ2v) is 4.94. The lowest BCUT2D eigenvalue weighted by atomic mass is 10.2. The van der Waals surface area contributed by atoms with Gasteiger partial charge in [-0.3, -0.25) is 10.1 Å². The van der Waals surface area contributed by atoms with E-state index in [-0.39, 0.29) is 25.0 Å². The number of carbonyl (C=O) groups excluding carboxylic acids is 2. The Morgan fingerprint density at radius 2 is 1.95 bits per heavy atom. The topological polar surface area (TPSA) is 67.4 Å². The van der Waals surface area contributed by atoms with Gasteiger partial charge in [0.1, 0.15) is 0 Å². The number of hydrogen-bond acceptors (Lipinski definition) is 4. The molecule has 5 nitrogen and oxygen atoms in total. The Labute approximate surface area is 120 Å². The highest BCUT2D eigenvalue weighted by Crippen LogP contribution is 2.15. The minimum Gasteiger partial charge on any atom is -0.450 e. The number of ether oxygens (including phenoxy) is 1. The number of benzene rings is 1. The van der Waals surface area contributed by atoms with Crippen LogP contribution in [0.2, 0.25) is 0 Å². The number of hydrogen-bond donors (Lipinski definition) is 2. The van der Waals surface area contributed by atoms with E-state index in [0.29, 0.717) is 0 Å². The van der Waals surface area contributed by atoms with Crippen LogP contribution in [0.25, 0.3) is 0 Å². The molecule has 0 aliphatic rings. The van der Waals surface area contributed by atoms with Crippen LogP contribution in [-0.4, -0.2) is 24.6 Å². The van der Waals surface area contributed by atoms with Crippen molar-refractivity contribution in [2.75, 3.05) is 11.9 Å². The summed E-state index contributed by atoms with van der Waals surface area (Å²) < 4.78 is 5.62. The zero-order valence-corrected chi connectivity index (χ0v) is 12.5. The predicted molar refractivity (Wildman–Crippen MR) is 77.0 cm³/mol. The third-order valence-electron chi connectivity index (χ3n) is 2.27. The molecule has 0 unspecified atom stereocenters. The molecule has 19 heavy (non-hydrogen) atoms. The largest absolute Gasteiger partial charge is 0.450 e. The fourth-order valence-electron chi connectivity index (χ4n) is 1.49. The Morgan fingerprint density at radius 1 is 1.32 bits per heavy atom. The summed E-state index contributed by atoms with van der Waals surface area (Å²) in [7, 11) is 0. The average Bonchev–Trinajstić information content (AvgIpc) is 2.32. The van der Waals surface area contributed by atoms with Gasteiger partial charge in [-0.15, -0.1) is 0 Å². The highest BCUT2D eigenvalue weighted by molar-refractivity contribution is 9.10. The van der Waals surface area contributed by atoms with Crippen LogP contribution in [-0.2, 0) is 9.53 Å². The van der Waals surface area contributed by atoms with E-state index in [1.807, 2.05) is 31.2 Å². The van der Waals surface area contributed by atoms with Crippen molar-refractivity contribution in [1.82, 2.24) is 5.32 Å². The lowest BCUT2D eigenvalue weighted by Crippen LogP contribution is -2.34. The van der Waals surface area contributed by atoms with Crippen molar-refractivity contribution in [3.63, 3.8) is 0 Å². The molecule has 0 spiro atoms. The van der Waals surface area contributed by atoms with Gasteiger partial charge in [0, 0.05) is 22.6 Å². The second kappa shape index (κ2) is 7.78. The van der Waals surface area contributed by atoms with E-state index >= 15 is 0 Å². The molecule has 0 heterocycles. The van der Waals surface area contributed by atoms with Gasteiger partial charge in [-0.25, -0.2) is 4.79 Å². The van der Waals surface area contributed by atoms with Crippen molar-refractivity contribution in [2.24, 2.45) is 0 Å². The standard InChI is InChI=1S/C13H17BrN2O3/c1-3-19-13(18)16-12(17)8-9(2)15-11-6-4-10(14)5-7-11/h4-7,9,15H,3,8H2,1-2H3,(H,16,17,18)/t9-/m0/s1. The van der Waals surface area contributed by atoms with Crippen molar-refractivity contribution >= 4 is 33.6 Å². The lowest BCUT2D eigenvalue weighted by molar-refractivity contribution is -0.120. The van der Waals surface area contributed by atoms with Crippen LogP contribution in [0.15, 0.2) is 28.7 Å². The van der Waals surface area contributed by atoms with Gasteiger partial charge in [0.05, 0.1) is 6.61 Å². The monoisotopic (exact) mass is 328 g/mol. The third-order valence-corrected chi connectivity index (χ3v) is 2.79. The van der Waals surface area contributed by atoms with Gasteiger partial charge in [-0.05, 0) is 38.1 Å². The first kappa shape index (κ1) is 15.5. The molecular weight excluding hydrogens is 312 g/mol. The van der Waals surface area contributed by atoms with Crippen LogP contribution >= 0.6 is 15.9 Å². The van der Waals surface area contributed by atoms with E-state index in [0.717, 1.165) is 10.2 Å². The molecule has 104 valence electrons. The van der Waals surface area contributed by atoms with Crippen LogP contribution in [0.5, 0.6) is 0 Å².